The molecule has 0 aliphatic heterocycles. The van der Waals surface area contributed by atoms with Crippen LogP contribution in [-0.2, 0) is 0 Å². The van der Waals surface area contributed by atoms with Crippen molar-refractivity contribution in [1.29, 1.82) is 0 Å². The topological polar surface area (TPSA) is 62.9 Å². The van der Waals surface area contributed by atoms with Gasteiger partial charge in [0.15, 0.2) is 0 Å². The number of fused-ring (bicyclic) bond motifs is 1. The Hall–Kier alpha value is -5.07. The Bertz CT molecular complexity index is 1830. The van der Waals surface area contributed by atoms with Gasteiger partial charge in [-0.1, -0.05) is 52.3 Å². The fraction of sp³-hybridized carbons (Fsp3) is 0. The van der Waals surface area contributed by atoms with Crippen molar-refractivity contribution in [3.8, 4) is 56.9 Å². The average Bonchev–Trinajstić information content (AvgIpc) is 3.63. The smallest absolute Gasteiger partial charge is 0.140 e. The summed E-state index contributed by atoms with van der Waals surface area (Å²) in [5.41, 5.74) is 5.81. The number of hydrogen-bond acceptors (Lipinski definition) is 3. The lowest BCUT2D eigenvalue weighted by atomic mass is 10.0. The van der Waals surface area contributed by atoms with Crippen LogP contribution in [0.3, 0.4) is 0 Å². The van der Waals surface area contributed by atoms with Crippen LogP contribution in [0.2, 0.25) is 0 Å². The van der Waals surface area contributed by atoms with Crippen molar-refractivity contribution in [1.82, 2.24) is 15.0 Å². The van der Waals surface area contributed by atoms with Crippen LogP contribution in [0.25, 0.3) is 44.8 Å². The Balaban J connectivity index is 1.27. The van der Waals surface area contributed by atoms with Crippen LogP contribution >= 0.6 is 15.9 Å². The van der Waals surface area contributed by atoms with E-state index < -0.39 is 0 Å². The van der Waals surface area contributed by atoms with E-state index in [0.29, 0.717) is 0 Å². The molecule has 41 heavy (non-hydrogen) atoms. The van der Waals surface area contributed by atoms with Gasteiger partial charge in [-0.05, 0) is 91.0 Å². The minimum Gasteiger partial charge on any atom is -0.457 e. The molecule has 5 aromatic carbocycles. The summed E-state index contributed by atoms with van der Waals surface area (Å²) in [6.07, 6.45) is 2.00. The molecule has 0 saturated heterocycles. The Kier molecular flexibility index (Phi) is 6.59. The van der Waals surface area contributed by atoms with Crippen LogP contribution in [0, 0.1) is 0 Å². The van der Waals surface area contributed by atoms with E-state index in [0.717, 1.165) is 72.3 Å². The number of halogens is 1. The number of imidazole rings is 1. The normalized spacial score (nSPS) is 11.0. The lowest BCUT2D eigenvalue weighted by Gasteiger charge is -2.08. The summed E-state index contributed by atoms with van der Waals surface area (Å²) in [7, 11) is 0. The summed E-state index contributed by atoms with van der Waals surface area (Å²) in [4.78, 5) is 12.1. The van der Waals surface area contributed by atoms with Crippen molar-refractivity contribution >= 4 is 26.8 Å². The summed E-state index contributed by atoms with van der Waals surface area (Å²) in [6, 6.07) is 41.8. The highest BCUT2D eigenvalue weighted by atomic mass is 79.9. The van der Waals surface area contributed by atoms with Crippen molar-refractivity contribution in [3.63, 3.8) is 0 Å². The summed E-state index contributed by atoms with van der Waals surface area (Å²) < 4.78 is 13.1. The van der Waals surface area contributed by atoms with E-state index in [1.165, 1.54) is 0 Å². The van der Waals surface area contributed by atoms with Gasteiger partial charge in [-0.15, -0.1) is 0 Å². The Morgan fingerprint density at radius 2 is 1.15 bits per heavy atom. The molecular weight excluding hydrogens is 574 g/mol. The number of rotatable bonds is 7. The Labute approximate surface area is 245 Å². The molecule has 198 valence electrons. The Morgan fingerprint density at radius 3 is 1.76 bits per heavy atom. The summed E-state index contributed by atoms with van der Waals surface area (Å²) >= 11 is 3.61. The van der Waals surface area contributed by atoms with E-state index in [-0.39, 0.29) is 0 Å². The van der Waals surface area contributed by atoms with Crippen molar-refractivity contribution in [3.05, 3.63) is 138 Å². The molecule has 0 saturated carbocycles. The molecule has 0 aliphatic carbocycles. The van der Waals surface area contributed by atoms with Gasteiger partial charge in [0.25, 0.3) is 0 Å². The summed E-state index contributed by atoms with van der Waals surface area (Å²) in [5, 5.41) is 1.09. The van der Waals surface area contributed by atoms with E-state index in [2.05, 4.69) is 50.2 Å². The predicted octanol–water partition coefficient (Wildman–Crippen LogP) is 10.2. The van der Waals surface area contributed by atoms with Gasteiger partial charge in [0.05, 0.1) is 11.4 Å². The van der Waals surface area contributed by atoms with Crippen LogP contribution in [-0.4, -0.2) is 15.0 Å². The van der Waals surface area contributed by atoms with E-state index in [9.17, 15) is 0 Å². The van der Waals surface area contributed by atoms with Crippen LogP contribution in [0.1, 0.15) is 0 Å². The fourth-order valence-electron chi connectivity index (χ4n) is 4.83. The first kappa shape index (κ1) is 24.9. The highest BCUT2D eigenvalue weighted by molar-refractivity contribution is 9.10. The van der Waals surface area contributed by atoms with Gasteiger partial charge in [-0.3, -0.25) is 0 Å². The zero-order chi connectivity index (χ0) is 27.6. The second-order valence-electron chi connectivity index (χ2n) is 9.58. The van der Waals surface area contributed by atoms with Gasteiger partial charge < -0.3 is 19.4 Å². The molecule has 2 aromatic heterocycles. The highest BCUT2D eigenvalue weighted by Gasteiger charge is 2.18. The first-order valence-electron chi connectivity index (χ1n) is 13.2. The molecule has 7 rings (SSSR count). The molecule has 0 aliphatic rings. The largest absolute Gasteiger partial charge is 0.457 e. The van der Waals surface area contributed by atoms with Gasteiger partial charge in [-0.25, -0.2) is 4.98 Å². The standard InChI is InChI=1S/C35H24BrN3O2/c36-25-15-20-32-30(21-25)31(22-37-32)35-38-33(23-11-16-28(17-12-23)40-26-7-3-1-4-8-26)34(39-35)24-13-18-29(19-14-24)41-27-9-5-2-6-10-27/h1-22,37H,(H,38,39). The summed E-state index contributed by atoms with van der Waals surface area (Å²) in [5.74, 6) is 3.92. The van der Waals surface area contributed by atoms with Gasteiger partial charge in [0, 0.05) is 38.3 Å². The number of nitrogens with one attached hydrogen (secondary N) is 2. The van der Waals surface area contributed by atoms with E-state index >= 15 is 0 Å². The van der Waals surface area contributed by atoms with E-state index in [1.54, 1.807) is 0 Å². The minimum absolute atomic E-state index is 0.765. The molecule has 0 amide bonds. The van der Waals surface area contributed by atoms with Gasteiger partial charge >= 0.3 is 0 Å². The molecule has 0 spiro atoms. The van der Waals surface area contributed by atoms with Crippen molar-refractivity contribution in [2.45, 2.75) is 0 Å². The lowest BCUT2D eigenvalue weighted by molar-refractivity contribution is 0.482. The minimum atomic E-state index is 0.765. The number of H-pyrrole nitrogens is 2. The van der Waals surface area contributed by atoms with E-state index in [4.69, 9.17) is 14.5 Å². The van der Waals surface area contributed by atoms with Crippen LogP contribution in [0.4, 0.5) is 0 Å². The molecule has 0 unspecified atom stereocenters. The van der Waals surface area contributed by atoms with Crippen LogP contribution in [0.5, 0.6) is 23.0 Å². The SMILES string of the molecule is Brc1ccc2[nH]cc(-c3nc(-c4ccc(Oc5ccccc5)cc4)c(-c4ccc(Oc5ccccc5)cc4)[nH]3)c2c1. The molecule has 5 nitrogen and oxygen atoms in total. The number of nitrogens with zero attached hydrogens (tertiary/aromatic N) is 1. The third-order valence-corrected chi connectivity index (χ3v) is 7.32. The van der Waals surface area contributed by atoms with Crippen molar-refractivity contribution in [2.75, 3.05) is 0 Å². The molecule has 6 heteroatoms. The predicted molar refractivity (Wildman–Crippen MR) is 167 cm³/mol. The maximum absolute atomic E-state index is 6.02. The molecule has 2 heterocycles. The lowest BCUT2D eigenvalue weighted by Crippen LogP contribution is -1.87. The molecule has 0 radical (unpaired) electrons. The molecule has 2 N–H and O–H groups in total. The molecule has 0 bridgehead atoms. The van der Waals surface area contributed by atoms with Crippen molar-refractivity contribution in [2.24, 2.45) is 0 Å². The quantitative estimate of drug-likeness (QED) is 0.192. The number of hydrogen-bond donors (Lipinski definition) is 2. The average molecular weight is 599 g/mol. The third kappa shape index (κ3) is 5.25. The second kappa shape index (κ2) is 10.8. The monoisotopic (exact) mass is 597 g/mol. The van der Waals surface area contributed by atoms with Gasteiger partial charge in [-0.2, -0.15) is 0 Å². The van der Waals surface area contributed by atoms with E-state index in [1.807, 2.05) is 109 Å². The van der Waals surface area contributed by atoms with Crippen LogP contribution < -0.4 is 9.47 Å². The second-order valence-corrected chi connectivity index (χ2v) is 10.5. The molecule has 7 aromatic rings. The number of aromatic nitrogens is 3. The zero-order valence-electron chi connectivity index (χ0n) is 21.8. The van der Waals surface area contributed by atoms with Gasteiger partial charge in [0.2, 0.25) is 0 Å². The fourth-order valence-corrected chi connectivity index (χ4v) is 5.19. The van der Waals surface area contributed by atoms with Crippen LogP contribution in [0.15, 0.2) is 138 Å². The number of ether oxygens (including phenoxy) is 2. The molecule has 0 fully saturated rings. The summed E-state index contributed by atoms with van der Waals surface area (Å²) in [6.45, 7) is 0. The van der Waals surface area contributed by atoms with Gasteiger partial charge in [0.1, 0.15) is 28.8 Å². The maximum Gasteiger partial charge on any atom is 0.140 e. The molecule has 0 atom stereocenters. The number of para-hydroxylation sites is 2. The third-order valence-electron chi connectivity index (χ3n) is 6.83. The molecular formula is C35H24BrN3O2. The first-order valence-corrected chi connectivity index (χ1v) is 14.0. The highest BCUT2D eigenvalue weighted by Crippen LogP contribution is 2.37. The first-order chi connectivity index (χ1) is 20.2. The number of benzene rings is 5. The maximum atomic E-state index is 6.02. The Morgan fingerprint density at radius 1 is 0.585 bits per heavy atom. The van der Waals surface area contributed by atoms with Crippen molar-refractivity contribution < 1.29 is 9.47 Å². The zero-order valence-corrected chi connectivity index (χ0v) is 23.4. The number of aromatic amines is 2.